The van der Waals surface area contributed by atoms with Gasteiger partial charge in [0.25, 0.3) is 0 Å². The van der Waals surface area contributed by atoms with Gasteiger partial charge in [0, 0.05) is 34.7 Å². The number of nitrogens with zero attached hydrogens (tertiary/aromatic N) is 1. The van der Waals surface area contributed by atoms with Gasteiger partial charge in [0.15, 0.2) is 0 Å². The summed E-state index contributed by atoms with van der Waals surface area (Å²) in [5, 5.41) is 4.47. The minimum Gasteiger partial charge on any atom is -0.313 e. The van der Waals surface area contributed by atoms with Gasteiger partial charge in [0.2, 0.25) is 0 Å². The molecule has 1 saturated carbocycles. The third-order valence-electron chi connectivity index (χ3n) is 4.32. The highest BCUT2D eigenvalue weighted by Crippen LogP contribution is 2.31. The minimum atomic E-state index is 0.676. The van der Waals surface area contributed by atoms with Gasteiger partial charge in [-0.1, -0.05) is 40.0 Å². The van der Waals surface area contributed by atoms with Gasteiger partial charge in [0.05, 0.1) is 0 Å². The normalized spacial score (nSPS) is 23.2. The lowest BCUT2D eigenvalue weighted by Gasteiger charge is -2.31. The van der Waals surface area contributed by atoms with Crippen molar-refractivity contribution in [2.45, 2.75) is 50.7 Å². The highest BCUT2D eigenvalue weighted by atomic mass is 79.9. The lowest BCUT2D eigenvalue weighted by molar-refractivity contribution is 0.208. The Labute approximate surface area is 135 Å². The van der Waals surface area contributed by atoms with Crippen LogP contribution in [0.15, 0.2) is 22.7 Å². The molecule has 0 aromatic heterocycles. The van der Waals surface area contributed by atoms with E-state index in [0.29, 0.717) is 6.04 Å². The number of benzene rings is 1. The molecule has 1 atom stereocenters. The molecule has 1 aliphatic heterocycles. The molecule has 3 rings (SSSR count). The summed E-state index contributed by atoms with van der Waals surface area (Å²) in [4.78, 5) is 2.65. The number of nitrogens with one attached hydrogen (secondary N) is 1. The zero-order valence-corrected chi connectivity index (χ0v) is 14.1. The SMILES string of the molecule is Clc1ccc(CN(CC2CCCCN2)C2CC2)c(Br)c1. The van der Waals surface area contributed by atoms with Gasteiger partial charge < -0.3 is 5.32 Å². The Morgan fingerprint density at radius 3 is 2.75 bits per heavy atom. The maximum absolute atomic E-state index is 6.03. The van der Waals surface area contributed by atoms with Crippen molar-refractivity contribution in [2.75, 3.05) is 13.1 Å². The van der Waals surface area contributed by atoms with Gasteiger partial charge in [-0.3, -0.25) is 4.90 Å². The Morgan fingerprint density at radius 2 is 2.10 bits per heavy atom. The van der Waals surface area contributed by atoms with E-state index in [2.05, 4.69) is 32.2 Å². The summed E-state index contributed by atoms with van der Waals surface area (Å²) < 4.78 is 1.13. The van der Waals surface area contributed by atoms with Crippen LogP contribution < -0.4 is 5.32 Å². The van der Waals surface area contributed by atoms with E-state index in [1.165, 1.54) is 50.8 Å². The first kappa shape index (κ1) is 14.8. The Hall–Kier alpha value is -0.0900. The molecule has 1 aliphatic carbocycles. The van der Waals surface area contributed by atoms with Crippen LogP contribution in [-0.2, 0) is 6.54 Å². The van der Waals surface area contributed by atoms with E-state index in [9.17, 15) is 0 Å². The van der Waals surface area contributed by atoms with Crippen molar-refractivity contribution in [1.82, 2.24) is 10.2 Å². The van der Waals surface area contributed by atoms with Crippen molar-refractivity contribution < 1.29 is 0 Å². The molecule has 0 bridgehead atoms. The van der Waals surface area contributed by atoms with Gasteiger partial charge >= 0.3 is 0 Å². The zero-order valence-electron chi connectivity index (χ0n) is 11.7. The van der Waals surface area contributed by atoms with Crippen LogP contribution in [0.2, 0.25) is 5.02 Å². The third-order valence-corrected chi connectivity index (χ3v) is 5.29. The van der Waals surface area contributed by atoms with Crippen LogP contribution in [-0.4, -0.2) is 30.1 Å². The maximum atomic E-state index is 6.03. The molecule has 0 amide bonds. The standard InChI is InChI=1S/C16H22BrClN2/c17-16-9-13(18)5-4-12(16)10-20(15-6-7-15)11-14-3-1-2-8-19-14/h4-5,9,14-15,19H,1-3,6-8,10-11H2. The molecule has 20 heavy (non-hydrogen) atoms. The number of halogens is 2. The molecule has 2 fully saturated rings. The molecule has 1 heterocycles. The third kappa shape index (κ3) is 3.97. The van der Waals surface area contributed by atoms with E-state index < -0.39 is 0 Å². The summed E-state index contributed by atoms with van der Waals surface area (Å²) in [5.41, 5.74) is 1.34. The minimum absolute atomic E-state index is 0.676. The van der Waals surface area contributed by atoms with Crippen molar-refractivity contribution in [2.24, 2.45) is 0 Å². The summed E-state index contributed by atoms with van der Waals surface area (Å²) >= 11 is 9.67. The van der Waals surface area contributed by atoms with Gasteiger partial charge in [-0.05, 0) is 49.9 Å². The van der Waals surface area contributed by atoms with Crippen LogP contribution in [0, 0.1) is 0 Å². The first-order chi connectivity index (χ1) is 9.72. The Kier molecular flexibility index (Phi) is 5.03. The first-order valence-corrected chi connectivity index (χ1v) is 8.81. The quantitative estimate of drug-likeness (QED) is 0.849. The van der Waals surface area contributed by atoms with E-state index in [1.807, 2.05) is 12.1 Å². The second-order valence-corrected chi connectivity index (χ2v) is 7.33. The van der Waals surface area contributed by atoms with Crippen LogP contribution in [0.5, 0.6) is 0 Å². The molecule has 1 unspecified atom stereocenters. The molecule has 1 saturated heterocycles. The highest BCUT2D eigenvalue weighted by molar-refractivity contribution is 9.10. The van der Waals surface area contributed by atoms with Crippen LogP contribution in [0.3, 0.4) is 0 Å². The second-order valence-electron chi connectivity index (χ2n) is 6.04. The van der Waals surface area contributed by atoms with Crippen LogP contribution in [0.4, 0.5) is 0 Å². The number of hydrogen-bond acceptors (Lipinski definition) is 2. The van der Waals surface area contributed by atoms with Crippen molar-refractivity contribution in [1.29, 1.82) is 0 Å². The number of piperidine rings is 1. The van der Waals surface area contributed by atoms with Crippen molar-refractivity contribution in [3.05, 3.63) is 33.3 Å². The monoisotopic (exact) mass is 356 g/mol. The Bertz CT molecular complexity index is 456. The van der Waals surface area contributed by atoms with E-state index in [-0.39, 0.29) is 0 Å². The number of rotatable bonds is 5. The van der Waals surface area contributed by atoms with E-state index in [0.717, 1.165) is 22.1 Å². The molecule has 4 heteroatoms. The fourth-order valence-corrected chi connectivity index (χ4v) is 3.82. The van der Waals surface area contributed by atoms with Gasteiger partial charge in [-0.2, -0.15) is 0 Å². The molecular weight excluding hydrogens is 336 g/mol. The summed E-state index contributed by atoms with van der Waals surface area (Å²) in [6.45, 7) is 3.40. The Morgan fingerprint density at radius 1 is 1.25 bits per heavy atom. The van der Waals surface area contributed by atoms with Crippen molar-refractivity contribution in [3.8, 4) is 0 Å². The van der Waals surface area contributed by atoms with Crippen molar-refractivity contribution >= 4 is 27.5 Å². The molecule has 0 spiro atoms. The largest absolute Gasteiger partial charge is 0.313 e. The molecule has 1 aromatic rings. The Balaban J connectivity index is 1.64. The fourth-order valence-electron chi connectivity index (χ4n) is 3.01. The topological polar surface area (TPSA) is 15.3 Å². The maximum Gasteiger partial charge on any atom is 0.0417 e. The molecule has 2 nitrogen and oxygen atoms in total. The molecule has 110 valence electrons. The first-order valence-electron chi connectivity index (χ1n) is 7.64. The molecule has 0 radical (unpaired) electrons. The smallest absolute Gasteiger partial charge is 0.0417 e. The molecule has 1 aromatic carbocycles. The van der Waals surface area contributed by atoms with Gasteiger partial charge in [-0.25, -0.2) is 0 Å². The fraction of sp³-hybridized carbons (Fsp3) is 0.625. The summed E-state index contributed by atoms with van der Waals surface area (Å²) in [7, 11) is 0. The van der Waals surface area contributed by atoms with Gasteiger partial charge in [-0.15, -0.1) is 0 Å². The van der Waals surface area contributed by atoms with Crippen LogP contribution in [0.1, 0.15) is 37.7 Å². The molecular formula is C16H22BrClN2. The lowest BCUT2D eigenvalue weighted by atomic mass is 10.0. The molecule has 2 aliphatic rings. The van der Waals surface area contributed by atoms with Crippen LogP contribution >= 0.6 is 27.5 Å². The number of hydrogen-bond donors (Lipinski definition) is 1. The van der Waals surface area contributed by atoms with E-state index in [1.54, 1.807) is 0 Å². The van der Waals surface area contributed by atoms with Crippen LogP contribution in [0.25, 0.3) is 0 Å². The van der Waals surface area contributed by atoms with Gasteiger partial charge in [0.1, 0.15) is 0 Å². The van der Waals surface area contributed by atoms with E-state index >= 15 is 0 Å². The molecule has 1 N–H and O–H groups in total. The summed E-state index contributed by atoms with van der Waals surface area (Å²) in [5.74, 6) is 0. The highest BCUT2D eigenvalue weighted by Gasteiger charge is 2.31. The summed E-state index contributed by atoms with van der Waals surface area (Å²) in [6.07, 6.45) is 6.75. The average molecular weight is 358 g/mol. The predicted molar refractivity (Wildman–Crippen MR) is 88.2 cm³/mol. The summed E-state index contributed by atoms with van der Waals surface area (Å²) in [6, 6.07) is 7.61. The average Bonchev–Trinajstić information content (AvgIpc) is 3.26. The zero-order chi connectivity index (χ0) is 13.9. The van der Waals surface area contributed by atoms with Crippen molar-refractivity contribution in [3.63, 3.8) is 0 Å². The predicted octanol–water partition coefficient (Wildman–Crippen LogP) is 4.21. The van der Waals surface area contributed by atoms with E-state index in [4.69, 9.17) is 11.6 Å². The lowest BCUT2D eigenvalue weighted by Crippen LogP contribution is -2.44. The second kappa shape index (κ2) is 6.78.